The van der Waals surface area contributed by atoms with Crippen LogP contribution in [0.15, 0.2) is 42.7 Å². The molecule has 2 aromatic rings. The Bertz CT molecular complexity index is 851. The summed E-state index contributed by atoms with van der Waals surface area (Å²) < 4.78 is 32.2. The lowest BCUT2D eigenvalue weighted by Crippen LogP contribution is -2.53. The number of benzene rings is 1. The number of hydrogen-bond acceptors (Lipinski definition) is 5. The molecule has 0 aliphatic carbocycles. The Labute approximate surface area is 152 Å². The average molecular weight is 378 g/mol. The zero-order valence-electron chi connectivity index (χ0n) is 14.5. The van der Waals surface area contributed by atoms with E-state index in [1.807, 2.05) is 30.3 Å². The average Bonchev–Trinajstić information content (AvgIpc) is 3.08. The van der Waals surface area contributed by atoms with Gasteiger partial charge in [0, 0.05) is 19.3 Å². The minimum absolute atomic E-state index is 0.128. The van der Waals surface area contributed by atoms with Crippen LogP contribution >= 0.6 is 0 Å². The molecule has 1 aliphatic rings. The number of nitrogens with one attached hydrogen (secondary N) is 1. The van der Waals surface area contributed by atoms with Crippen LogP contribution in [-0.4, -0.2) is 67.6 Å². The molecular formula is C17H22N4O4S. The van der Waals surface area contributed by atoms with Gasteiger partial charge in [-0.25, -0.2) is 13.1 Å². The SMILES string of the molecule is CS(=O)(=O)NCC1COCCN1C(=O)c1cnn(Cc2ccccc2)c1. The summed E-state index contributed by atoms with van der Waals surface area (Å²) in [5.74, 6) is -0.173. The van der Waals surface area contributed by atoms with Crippen molar-refractivity contribution in [1.82, 2.24) is 19.4 Å². The van der Waals surface area contributed by atoms with Crippen LogP contribution in [0.25, 0.3) is 0 Å². The molecule has 1 atom stereocenters. The number of aromatic nitrogens is 2. The summed E-state index contributed by atoms with van der Waals surface area (Å²) in [6.07, 6.45) is 4.35. The van der Waals surface area contributed by atoms with Gasteiger partial charge < -0.3 is 9.64 Å². The van der Waals surface area contributed by atoms with E-state index >= 15 is 0 Å². The molecule has 8 nitrogen and oxygen atoms in total. The molecule has 1 unspecified atom stereocenters. The fourth-order valence-electron chi connectivity index (χ4n) is 2.84. The molecule has 0 spiro atoms. The van der Waals surface area contributed by atoms with Crippen LogP contribution in [-0.2, 0) is 21.3 Å². The molecular weight excluding hydrogens is 356 g/mol. The summed E-state index contributed by atoms with van der Waals surface area (Å²) in [4.78, 5) is 14.5. The molecule has 140 valence electrons. The Balaban J connectivity index is 1.68. The first-order valence-corrected chi connectivity index (χ1v) is 10.2. The van der Waals surface area contributed by atoms with Gasteiger partial charge in [0.25, 0.3) is 5.91 Å². The molecule has 1 fully saturated rings. The summed E-state index contributed by atoms with van der Waals surface area (Å²) >= 11 is 0. The van der Waals surface area contributed by atoms with Crippen molar-refractivity contribution in [2.75, 3.05) is 32.6 Å². The van der Waals surface area contributed by atoms with Crippen molar-refractivity contribution in [1.29, 1.82) is 0 Å². The van der Waals surface area contributed by atoms with Crippen LogP contribution in [0.5, 0.6) is 0 Å². The fourth-order valence-corrected chi connectivity index (χ4v) is 3.33. The van der Waals surface area contributed by atoms with Gasteiger partial charge in [-0.3, -0.25) is 9.48 Å². The predicted molar refractivity (Wildman–Crippen MR) is 96.3 cm³/mol. The second-order valence-electron chi connectivity index (χ2n) is 6.26. The van der Waals surface area contributed by atoms with E-state index in [-0.39, 0.29) is 18.5 Å². The number of carbonyl (C=O) groups excluding carboxylic acids is 1. The molecule has 1 aromatic heterocycles. The van der Waals surface area contributed by atoms with E-state index in [1.54, 1.807) is 22.0 Å². The Morgan fingerprint density at radius 2 is 2.12 bits per heavy atom. The number of ether oxygens (including phenoxy) is 1. The predicted octanol–water partition coefficient (Wildman–Crippen LogP) is 0.322. The van der Waals surface area contributed by atoms with Crippen molar-refractivity contribution >= 4 is 15.9 Å². The standard InChI is InChI=1S/C17H22N4O4S/c1-26(23,24)19-10-16-13-25-8-7-21(16)17(22)15-9-18-20(12-15)11-14-5-3-2-4-6-14/h2-6,9,12,16,19H,7-8,10-11,13H2,1H3. The van der Waals surface area contributed by atoms with Crippen LogP contribution in [0.1, 0.15) is 15.9 Å². The van der Waals surface area contributed by atoms with Crippen molar-refractivity contribution in [3.63, 3.8) is 0 Å². The zero-order chi connectivity index (χ0) is 18.6. The highest BCUT2D eigenvalue weighted by molar-refractivity contribution is 7.88. The van der Waals surface area contributed by atoms with E-state index in [1.165, 1.54) is 0 Å². The highest BCUT2D eigenvalue weighted by Crippen LogP contribution is 2.13. The number of morpholine rings is 1. The van der Waals surface area contributed by atoms with E-state index in [4.69, 9.17) is 4.74 Å². The number of rotatable bonds is 6. The summed E-state index contributed by atoms with van der Waals surface area (Å²) in [5, 5.41) is 4.26. The first-order valence-electron chi connectivity index (χ1n) is 8.32. The van der Waals surface area contributed by atoms with Gasteiger partial charge in [0.1, 0.15) is 0 Å². The van der Waals surface area contributed by atoms with Gasteiger partial charge in [0.15, 0.2) is 0 Å². The number of amides is 1. The summed E-state index contributed by atoms with van der Waals surface area (Å²) in [6, 6.07) is 9.51. The van der Waals surface area contributed by atoms with Gasteiger partial charge in [0.05, 0.1) is 43.8 Å². The summed E-state index contributed by atoms with van der Waals surface area (Å²) in [6.45, 7) is 1.85. The third kappa shape index (κ3) is 4.90. The van der Waals surface area contributed by atoms with Crippen LogP contribution in [0, 0.1) is 0 Å². The number of hydrogen-bond donors (Lipinski definition) is 1. The molecule has 1 aromatic carbocycles. The van der Waals surface area contributed by atoms with Crippen LogP contribution in [0.4, 0.5) is 0 Å². The largest absolute Gasteiger partial charge is 0.377 e. The van der Waals surface area contributed by atoms with Gasteiger partial charge >= 0.3 is 0 Å². The van der Waals surface area contributed by atoms with Gasteiger partial charge in [0.2, 0.25) is 10.0 Å². The first-order chi connectivity index (χ1) is 12.4. The third-order valence-electron chi connectivity index (χ3n) is 4.14. The number of carbonyl (C=O) groups is 1. The first kappa shape index (κ1) is 18.6. The van der Waals surface area contributed by atoms with Crippen LogP contribution in [0.3, 0.4) is 0 Å². The van der Waals surface area contributed by atoms with E-state index in [0.29, 0.717) is 31.9 Å². The molecule has 1 aliphatic heterocycles. The Kier molecular flexibility index (Phi) is 5.70. The van der Waals surface area contributed by atoms with E-state index in [2.05, 4.69) is 9.82 Å². The van der Waals surface area contributed by atoms with E-state index < -0.39 is 10.0 Å². The Morgan fingerprint density at radius 3 is 2.85 bits per heavy atom. The number of nitrogens with zero attached hydrogens (tertiary/aromatic N) is 3. The molecule has 9 heteroatoms. The van der Waals surface area contributed by atoms with Crippen LogP contribution < -0.4 is 4.72 Å². The second-order valence-corrected chi connectivity index (χ2v) is 8.09. The van der Waals surface area contributed by atoms with Gasteiger partial charge in [-0.1, -0.05) is 30.3 Å². The lowest BCUT2D eigenvalue weighted by molar-refractivity contribution is -0.000116. The van der Waals surface area contributed by atoms with Crippen LogP contribution in [0.2, 0.25) is 0 Å². The lowest BCUT2D eigenvalue weighted by atomic mass is 10.2. The third-order valence-corrected chi connectivity index (χ3v) is 4.83. The number of sulfonamides is 1. The van der Waals surface area contributed by atoms with E-state index in [0.717, 1.165) is 11.8 Å². The zero-order valence-corrected chi connectivity index (χ0v) is 15.4. The van der Waals surface area contributed by atoms with Crippen molar-refractivity contribution in [2.45, 2.75) is 12.6 Å². The smallest absolute Gasteiger partial charge is 0.257 e. The fraction of sp³-hybridized carbons (Fsp3) is 0.412. The maximum absolute atomic E-state index is 12.8. The molecule has 2 heterocycles. The van der Waals surface area contributed by atoms with Crippen molar-refractivity contribution in [2.24, 2.45) is 0 Å². The molecule has 0 bridgehead atoms. The van der Waals surface area contributed by atoms with Crippen molar-refractivity contribution < 1.29 is 17.9 Å². The summed E-state index contributed by atoms with van der Waals surface area (Å²) in [7, 11) is -3.33. The molecule has 1 amide bonds. The van der Waals surface area contributed by atoms with Crippen molar-refractivity contribution in [3.05, 3.63) is 53.9 Å². The summed E-state index contributed by atoms with van der Waals surface area (Å²) in [5.41, 5.74) is 1.57. The normalized spacial score (nSPS) is 18.0. The maximum Gasteiger partial charge on any atom is 0.257 e. The highest BCUT2D eigenvalue weighted by Gasteiger charge is 2.29. The van der Waals surface area contributed by atoms with E-state index in [9.17, 15) is 13.2 Å². The second kappa shape index (κ2) is 7.98. The topological polar surface area (TPSA) is 93.5 Å². The maximum atomic E-state index is 12.8. The molecule has 1 N–H and O–H groups in total. The van der Waals surface area contributed by atoms with Gasteiger partial charge in [-0.15, -0.1) is 0 Å². The van der Waals surface area contributed by atoms with Gasteiger partial charge in [-0.2, -0.15) is 5.10 Å². The minimum Gasteiger partial charge on any atom is -0.377 e. The molecule has 26 heavy (non-hydrogen) atoms. The quantitative estimate of drug-likeness (QED) is 0.781. The Hall–Kier alpha value is -2.23. The molecule has 0 radical (unpaired) electrons. The lowest BCUT2D eigenvalue weighted by Gasteiger charge is -2.35. The van der Waals surface area contributed by atoms with Crippen molar-refractivity contribution in [3.8, 4) is 0 Å². The molecule has 1 saturated heterocycles. The minimum atomic E-state index is -3.33. The monoisotopic (exact) mass is 378 g/mol. The Morgan fingerprint density at radius 1 is 1.35 bits per heavy atom. The molecule has 0 saturated carbocycles. The van der Waals surface area contributed by atoms with Gasteiger partial charge in [-0.05, 0) is 5.56 Å². The molecule has 3 rings (SSSR count). The highest BCUT2D eigenvalue weighted by atomic mass is 32.2.